The van der Waals surface area contributed by atoms with Crippen LogP contribution in [-0.2, 0) is 55.6 Å². The molecule has 7 aromatic carbocycles. The Bertz CT molecular complexity index is 7130. The van der Waals surface area contributed by atoms with Crippen molar-refractivity contribution in [3.8, 4) is 41.6 Å². The number of hydrogen-bond acceptors (Lipinski definition) is 28. The van der Waals surface area contributed by atoms with Crippen LogP contribution in [0.3, 0.4) is 0 Å². The normalized spacial score (nSPS) is 22.2. The monoisotopic (exact) mass is 2040 g/mol. The molecule has 43 heteroatoms. The lowest BCUT2D eigenvalue weighted by molar-refractivity contribution is -0.394. The van der Waals surface area contributed by atoms with Gasteiger partial charge in [-0.25, -0.2) is 41.5 Å². The van der Waals surface area contributed by atoms with Crippen LogP contribution >= 0.6 is 25.6 Å². The maximum absolute atomic E-state index is 13.4. The average Bonchev–Trinajstić information content (AvgIpc) is 1.03. The molecule has 6 unspecified atom stereocenters. The number of fused-ring (bicyclic) bond motifs is 8. The first-order valence-corrected chi connectivity index (χ1v) is 51.1. The third kappa shape index (κ3) is 23.0. The van der Waals surface area contributed by atoms with E-state index in [0.717, 1.165) is 43.8 Å². The lowest BCUT2D eigenvalue weighted by Gasteiger charge is -2.38. The van der Waals surface area contributed by atoms with Crippen molar-refractivity contribution in [2.75, 3.05) is 65.8 Å². The van der Waals surface area contributed by atoms with Crippen molar-refractivity contribution in [2.45, 2.75) is 238 Å². The number of benzene rings is 7. The summed E-state index contributed by atoms with van der Waals surface area (Å²) < 4.78 is 86.8. The summed E-state index contributed by atoms with van der Waals surface area (Å²) in [5, 5.41) is 45.8. The van der Waals surface area contributed by atoms with Gasteiger partial charge in [-0.2, -0.15) is 5.26 Å². The quantitative estimate of drug-likeness (QED) is 0.00356. The fourth-order valence-corrected chi connectivity index (χ4v) is 24.4. The first-order chi connectivity index (χ1) is 69.5. The number of nitriles is 1. The van der Waals surface area contributed by atoms with E-state index in [-0.39, 0.29) is 131 Å². The number of aromatic nitrogens is 6. The third-order valence-corrected chi connectivity index (χ3v) is 32.0. The summed E-state index contributed by atoms with van der Waals surface area (Å²) in [7, 11) is -4.85. The van der Waals surface area contributed by atoms with Crippen molar-refractivity contribution in [3.05, 3.63) is 273 Å². The number of nitro benzene ring substituents is 2. The van der Waals surface area contributed by atoms with Gasteiger partial charge in [0.2, 0.25) is 13.1 Å². The van der Waals surface area contributed by atoms with Gasteiger partial charge < -0.3 is 75.9 Å². The molecule has 6 aliphatic rings. The minimum atomic E-state index is -1.67. The smallest absolute Gasteiger partial charge is 0.330 e. The molecule has 0 radical (unpaired) electrons. The molecule has 0 aliphatic carbocycles. The van der Waals surface area contributed by atoms with Crippen LogP contribution < -0.4 is 44.4 Å². The van der Waals surface area contributed by atoms with Crippen molar-refractivity contribution >= 4 is 91.9 Å². The maximum Gasteiger partial charge on any atom is 0.330 e. The van der Waals surface area contributed by atoms with E-state index in [9.17, 15) is 63.8 Å². The molecule has 0 saturated carbocycles. The number of nitro groups is 2. The molecule has 15 atom stereocenters. The molecule has 6 saturated heterocycles. The number of nitrogens with zero attached hydrogens (tertiary/aromatic N) is 11. The topological polar surface area (TPSA) is 462 Å². The molecule has 0 spiro atoms. The fourth-order valence-electron chi connectivity index (χ4n) is 18.9. The van der Waals surface area contributed by atoms with E-state index in [1.807, 2.05) is 66.7 Å². The van der Waals surface area contributed by atoms with Crippen LogP contribution in [-0.4, -0.2) is 220 Å². The van der Waals surface area contributed by atoms with E-state index in [1.165, 1.54) is 49.3 Å². The van der Waals surface area contributed by atoms with Gasteiger partial charge in [0.05, 0.1) is 67.9 Å². The number of H-pyrrole nitrogens is 3. The van der Waals surface area contributed by atoms with Crippen molar-refractivity contribution in [1.29, 1.82) is 5.26 Å². The van der Waals surface area contributed by atoms with Crippen LogP contribution in [0.2, 0.25) is 0 Å². The van der Waals surface area contributed by atoms with Gasteiger partial charge in [-0.1, -0.05) is 135 Å². The third-order valence-electron chi connectivity index (χ3n) is 25.7. The fraction of sp³-hybridized carbons (Fsp3) is 0.461. The lowest BCUT2D eigenvalue weighted by atomic mass is 9.88. The Morgan fingerprint density at radius 1 is 0.490 bits per heavy atom. The van der Waals surface area contributed by atoms with Crippen LogP contribution in [0.15, 0.2) is 163 Å². The van der Waals surface area contributed by atoms with Gasteiger partial charge in [-0.05, 0) is 170 Å². The Balaban J connectivity index is 0.000000173. The summed E-state index contributed by atoms with van der Waals surface area (Å²) in [5.74, 6) is 15.8. The number of rotatable bonds is 36. The summed E-state index contributed by atoms with van der Waals surface area (Å²) in [5.41, 5.74) is -7.14. The second kappa shape index (κ2) is 47.3. The van der Waals surface area contributed by atoms with Gasteiger partial charge in [0.15, 0.2) is 18.7 Å². The highest BCUT2D eigenvalue weighted by molar-refractivity contribution is 7.45. The molecule has 9 heterocycles. The second-order valence-electron chi connectivity index (χ2n) is 36.8. The molecule has 16 rings (SSSR count). The molecule has 3 aromatic heterocycles. The number of aromatic amines is 3. The highest BCUT2D eigenvalue weighted by Gasteiger charge is 2.66. The summed E-state index contributed by atoms with van der Waals surface area (Å²) >= 11 is 0. The van der Waals surface area contributed by atoms with E-state index >= 15 is 0 Å². The summed E-state index contributed by atoms with van der Waals surface area (Å²) in [4.78, 5) is 137. The van der Waals surface area contributed by atoms with Gasteiger partial charge >= 0.3 is 17.1 Å². The number of amides is 2. The molecule has 6 aliphatic heterocycles. The van der Waals surface area contributed by atoms with Gasteiger partial charge in [0, 0.05) is 72.0 Å². The van der Waals surface area contributed by atoms with Crippen LogP contribution in [0.5, 0.6) is 0 Å². The van der Waals surface area contributed by atoms with Crippen LogP contribution in [0.4, 0.5) is 11.4 Å². The Morgan fingerprint density at radius 2 is 0.869 bits per heavy atom. The molecule has 5 N–H and O–H groups in total. The predicted octanol–water partition coefficient (Wildman–Crippen LogP) is 13.7. The zero-order valence-corrected chi connectivity index (χ0v) is 85.5. The average molecular weight is 2040 g/mol. The SMILES string of the molecule is CC[C@]12COC([C@H](n3cc(C#Cc4ccc5c6cccc7cccc(c8cccc4c85)c76)c(=O)[nH]c3=O)O1)[C@@H]2OP(OCCC#N)N(C(C)C)C(C)C.[C-]#[N+]CCOP(O[C@H]1C2OC[C@@]1(CC)O[C@H]2n1cc(C#CCNC(=O)c2ccc([N+](=O)[O-])cc2[N+](=O)[O-])c(=O)[nH]c1=O)N(C(C)C)C(C)C.[C-]#[N+]CCOP(O[C@H]1C2OC[C@@]1(CC)O[C@H]2n1cc(C#CCNC(=O)c2ccccc2)c(=O)[nH]c1=O)N(C(C)C)C(C)C. The van der Waals surface area contributed by atoms with Crippen molar-refractivity contribution < 1.29 is 75.0 Å². The van der Waals surface area contributed by atoms with Gasteiger partial charge in [0.25, 0.3) is 65.4 Å². The van der Waals surface area contributed by atoms with E-state index in [2.05, 4.69) is 201 Å². The first-order valence-electron chi connectivity index (χ1n) is 47.8. The van der Waals surface area contributed by atoms with Crippen LogP contribution in [0, 0.1) is 80.2 Å². The van der Waals surface area contributed by atoms with E-state index in [1.54, 1.807) is 24.3 Å². The largest absolute Gasteiger partial charge is 0.368 e. The number of carbonyl (C=O) groups is 2. The zero-order valence-electron chi connectivity index (χ0n) is 82.8. The van der Waals surface area contributed by atoms with Gasteiger partial charge in [-0.3, -0.25) is 72.9 Å². The molecule has 6 fully saturated rings. The Kier molecular flexibility index (Phi) is 35.3. The number of carbonyl (C=O) groups excluding carboxylic acids is 2. The summed E-state index contributed by atoms with van der Waals surface area (Å²) in [6, 6.07) is 37.1. The second-order valence-corrected chi connectivity index (χ2v) is 41.0. The Morgan fingerprint density at radius 3 is 1.26 bits per heavy atom. The molecule has 145 heavy (non-hydrogen) atoms. The zero-order chi connectivity index (χ0) is 104. The van der Waals surface area contributed by atoms with Crippen LogP contribution in [0.1, 0.15) is 191 Å². The molecular formula is C102H115N16O24P3. The summed E-state index contributed by atoms with van der Waals surface area (Å²) in [6.45, 7) is 46.1. The number of hydrogen-bond donors (Lipinski definition) is 5. The number of nitrogens with one attached hydrogen (secondary N) is 5. The standard InChI is InChI=1S/C42H41N4O6P.C30H36N7O11P.C30H38N5O7P/c1-6-42-24-49-37(38(42)52-53(50-22-10-21-43)46(25(2)3)26(4)5)40(51-42)45-23-29(39(47)44-41(45)48)18-17-27-19-20-34-32-15-8-12-28-11-7-14-31(35(28)32)33-16-9-13-30(27)36(33)34;1-7-30-17-45-24(25(30)48-49(46-14-13-31-6)35(18(2)3)19(4)5)28(47-30)34-16-20(26(38)33-29(34)40)9-8-12-32-27(39)22-11-10-21(36(41)42)15-23(22)37(43)44;1-7-30-19-39-24(25(30)42-43(40-17-16-31-6)35(20(2)3)21(4)5)28(41-30)34-18-23(27(37)33-29(34)38)14-11-15-32-26(36)22-12-9-8-10-13-22/h7-9,11-16,19-20,23,25-26,37-38,40H,6,10,22,24H2,1-5H3,(H,44,47,48);10-11,15-16,18-19,24-25,28H,7,12-14,17H2,1-5H3,(H,32,39)(H,33,38,40);8-10,12-13,18,20-21,24-25,28H,7,15-17,19H2,1-5H3,(H,32,36)(H,33,37,38)/t37?,38-,40+,42+,53?;24?,25-,28+,30+,49?;24?,25-,28+,30+,43?/m000/s1. The summed E-state index contributed by atoms with van der Waals surface area (Å²) in [6.07, 6.45) is -0.781. The lowest BCUT2D eigenvalue weighted by Crippen LogP contribution is -2.43. The highest BCUT2D eigenvalue weighted by Crippen LogP contribution is 2.60. The Labute approximate surface area is 839 Å². The van der Waals surface area contributed by atoms with Gasteiger partial charge in [-0.15, -0.1) is 0 Å². The van der Waals surface area contributed by atoms with E-state index in [0.29, 0.717) is 30.9 Å². The molecule has 762 valence electrons. The number of non-ortho nitro benzene ring substituents is 1. The van der Waals surface area contributed by atoms with E-state index < -0.39 is 164 Å². The maximum atomic E-state index is 13.4. The van der Waals surface area contributed by atoms with Gasteiger partial charge in [0.1, 0.15) is 88.9 Å². The first kappa shape index (κ1) is 108. The van der Waals surface area contributed by atoms with Crippen molar-refractivity contribution in [2.24, 2.45) is 0 Å². The van der Waals surface area contributed by atoms with Crippen LogP contribution in [0.25, 0.3) is 52.8 Å². The molecule has 2 amide bonds. The highest BCUT2D eigenvalue weighted by atomic mass is 31.2. The number of ether oxygens (including phenoxy) is 6. The molecular weight excluding hydrogens is 1930 g/mol. The molecule has 6 bridgehead atoms. The minimum Gasteiger partial charge on any atom is -0.368 e. The Hall–Kier alpha value is -12.5. The van der Waals surface area contributed by atoms with Crippen molar-refractivity contribution in [3.63, 3.8) is 0 Å². The van der Waals surface area contributed by atoms with Crippen molar-refractivity contribution in [1.82, 2.24) is 53.3 Å². The van der Waals surface area contributed by atoms with E-state index in [4.69, 9.17) is 68.7 Å². The molecule has 10 aromatic rings. The molecule has 40 nitrogen and oxygen atoms in total. The predicted molar refractivity (Wildman–Crippen MR) is 544 cm³/mol. The minimum absolute atomic E-state index is 0.00602.